The average Bonchev–Trinajstić information content (AvgIpc) is 1.98. The van der Waals surface area contributed by atoms with Crippen LogP contribution >= 0.6 is 0 Å². The fraction of sp³-hybridized carbons (Fsp3) is 0.667. The predicted molar refractivity (Wildman–Crippen MR) is 38.9 cm³/mol. The number of hydrogen-bond donors (Lipinski definition) is 3. The zero-order valence-electron chi connectivity index (χ0n) is 7.18. The minimum absolute atomic E-state index is 0.709. The molecular formula is C6H9F3N2O3. The van der Waals surface area contributed by atoms with E-state index in [0.717, 1.165) is 0 Å². The van der Waals surface area contributed by atoms with Gasteiger partial charge in [0.25, 0.3) is 11.8 Å². The van der Waals surface area contributed by atoms with Crippen LogP contribution in [-0.4, -0.2) is 35.2 Å². The highest BCUT2D eigenvalue weighted by Gasteiger charge is 2.39. The van der Waals surface area contributed by atoms with Gasteiger partial charge in [0.1, 0.15) is 6.54 Å². The number of hydrogen-bond acceptors (Lipinski definition) is 3. The van der Waals surface area contributed by atoms with Gasteiger partial charge in [-0.05, 0) is 6.92 Å². The number of amides is 2. The Bertz CT molecular complexity index is 249. The van der Waals surface area contributed by atoms with Gasteiger partial charge in [-0.3, -0.25) is 9.59 Å². The van der Waals surface area contributed by atoms with Crippen LogP contribution in [0.4, 0.5) is 13.2 Å². The molecule has 0 rings (SSSR count). The van der Waals surface area contributed by atoms with Gasteiger partial charge in [-0.15, -0.1) is 0 Å². The van der Waals surface area contributed by atoms with Gasteiger partial charge in [-0.1, -0.05) is 0 Å². The molecule has 0 aliphatic carbocycles. The van der Waals surface area contributed by atoms with Crippen molar-refractivity contribution in [1.29, 1.82) is 0 Å². The molecule has 0 heterocycles. The van der Waals surface area contributed by atoms with Crippen molar-refractivity contribution >= 4 is 11.8 Å². The Morgan fingerprint density at radius 1 is 1.43 bits per heavy atom. The molecular weight excluding hydrogens is 205 g/mol. The monoisotopic (exact) mass is 214 g/mol. The molecule has 0 aromatic rings. The molecule has 8 heteroatoms. The topological polar surface area (TPSA) is 92.4 Å². The van der Waals surface area contributed by atoms with Crippen LogP contribution in [0.1, 0.15) is 6.92 Å². The maximum atomic E-state index is 11.6. The number of halogens is 3. The molecule has 0 aliphatic heterocycles. The van der Waals surface area contributed by atoms with Crippen LogP contribution in [0, 0.1) is 0 Å². The van der Waals surface area contributed by atoms with E-state index in [-0.39, 0.29) is 0 Å². The summed E-state index contributed by atoms with van der Waals surface area (Å²) in [5, 5.41) is 10.3. The highest BCUT2D eigenvalue weighted by atomic mass is 19.4. The molecule has 82 valence electrons. The van der Waals surface area contributed by atoms with Crippen LogP contribution in [-0.2, 0) is 9.59 Å². The van der Waals surface area contributed by atoms with E-state index < -0.39 is 30.1 Å². The van der Waals surface area contributed by atoms with E-state index in [1.165, 1.54) is 5.32 Å². The number of carbonyl (C=O) groups excluding carboxylic acids is 2. The van der Waals surface area contributed by atoms with Crippen LogP contribution in [0.2, 0.25) is 0 Å². The van der Waals surface area contributed by atoms with Crippen molar-refractivity contribution in [2.24, 2.45) is 5.73 Å². The molecule has 0 spiro atoms. The van der Waals surface area contributed by atoms with E-state index in [0.29, 0.717) is 6.92 Å². The number of rotatable bonds is 3. The van der Waals surface area contributed by atoms with E-state index in [1.807, 2.05) is 0 Å². The van der Waals surface area contributed by atoms with E-state index in [1.54, 1.807) is 0 Å². The van der Waals surface area contributed by atoms with Gasteiger partial charge in [0.15, 0.2) is 0 Å². The van der Waals surface area contributed by atoms with Gasteiger partial charge in [0, 0.05) is 0 Å². The maximum absolute atomic E-state index is 11.6. The van der Waals surface area contributed by atoms with Crippen LogP contribution in [0.5, 0.6) is 0 Å². The number of aliphatic hydroxyl groups is 1. The van der Waals surface area contributed by atoms with Crippen molar-refractivity contribution < 1.29 is 27.9 Å². The highest BCUT2D eigenvalue weighted by molar-refractivity contribution is 6.06. The molecule has 1 atom stereocenters. The summed E-state index contributed by atoms with van der Waals surface area (Å²) in [4.78, 5) is 21.2. The van der Waals surface area contributed by atoms with E-state index >= 15 is 0 Å². The molecule has 0 bridgehead atoms. The summed E-state index contributed by atoms with van der Waals surface area (Å²) in [5.41, 5.74) is 1.95. The Labute approximate surface area is 77.1 Å². The second-order valence-electron chi connectivity index (χ2n) is 2.73. The molecule has 0 radical (unpaired) electrons. The second kappa shape index (κ2) is 3.82. The summed E-state index contributed by atoms with van der Waals surface area (Å²) in [6.07, 6.45) is -4.61. The molecule has 0 aromatic heterocycles. The second-order valence-corrected chi connectivity index (χ2v) is 2.73. The van der Waals surface area contributed by atoms with Crippen LogP contribution in [0.3, 0.4) is 0 Å². The number of alkyl halides is 3. The zero-order valence-corrected chi connectivity index (χ0v) is 7.18. The van der Waals surface area contributed by atoms with Gasteiger partial charge in [-0.2, -0.15) is 13.2 Å². The lowest BCUT2D eigenvalue weighted by Crippen LogP contribution is -2.54. The first-order valence-corrected chi connectivity index (χ1v) is 3.44. The minimum Gasteiger partial charge on any atom is -0.372 e. The fourth-order valence-corrected chi connectivity index (χ4v) is 0.465. The quantitative estimate of drug-likeness (QED) is 0.521. The van der Waals surface area contributed by atoms with E-state index in [9.17, 15) is 22.8 Å². The van der Waals surface area contributed by atoms with Gasteiger partial charge in [0.05, 0.1) is 0 Å². The summed E-state index contributed by atoms with van der Waals surface area (Å²) in [5.74, 6) is -2.90. The average molecular weight is 214 g/mol. The highest BCUT2D eigenvalue weighted by Crippen LogP contribution is 2.13. The van der Waals surface area contributed by atoms with Gasteiger partial charge >= 0.3 is 6.18 Å². The summed E-state index contributed by atoms with van der Waals surface area (Å²) in [7, 11) is 0. The third-order valence-corrected chi connectivity index (χ3v) is 1.37. The number of nitrogens with two attached hydrogens (primary N) is 1. The number of nitrogens with one attached hydrogen (secondary N) is 1. The molecule has 0 saturated carbocycles. The molecule has 0 aliphatic rings. The molecule has 0 aromatic carbocycles. The first-order chi connectivity index (χ1) is 6.07. The van der Waals surface area contributed by atoms with Crippen LogP contribution in [0.15, 0.2) is 0 Å². The van der Waals surface area contributed by atoms with Gasteiger partial charge < -0.3 is 16.2 Å². The van der Waals surface area contributed by atoms with Crippen molar-refractivity contribution in [3.05, 3.63) is 0 Å². The molecule has 0 saturated heterocycles. The largest absolute Gasteiger partial charge is 0.405 e. The maximum Gasteiger partial charge on any atom is 0.405 e. The van der Waals surface area contributed by atoms with E-state index in [2.05, 4.69) is 5.73 Å². The predicted octanol–water partition coefficient (Wildman–Crippen LogP) is -1.10. The lowest BCUT2D eigenvalue weighted by molar-refractivity contribution is -0.156. The normalized spacial score (nSPS) is 15.8. The summed E-state index contributed by atoms with van der Waals surface area (Å²) < 4.78 is 34.8. The van der Waals surface area contributed by atoms with Crippen LogP contribution in [0.25, 0.3) is 0 Å². The zero-order chi connectivity index (χ0) is 11.6. The Balaban J connectivity index is 4.30. The van der Waals surface area contributed by atoms with Gasteiger partial charge in [0.2, 0.25) is 5.60 Å². The fourth-order valence-electron chi connectivity index (χ4n) is 0.465. The Morgan fingerprint density at radius 2 is 1.86 bits per heavy atom. The number of carbonyl (C=O) groups is 2. The standard InChI is InChI=1S/C6H9F3N2O3/c1-5(14,3(10)12)4(13)11-2-6(7,8)9/h14H,2H2,1H3,(H2,10,12)(H,11,13). The lowest BCUT2D eigenvalue weighted by Gasteiger charge is -2.18. The lowest BCUT2D eigenvalue weighted by atomic mass is 10.1. The van der Waals surface area contributed by atoms with Crippen molar-refractivity contribution in [2.45, 2.75) is 18.7 Å². The van der Waals surface area contributed by atoms with Crippen molar-refractivity contribution in [2.75, 3.05) is 6.54 Å². The summed E-state index contributed by atoms with van der Waals surface area (Å²) >= 11 is 0. The molecule has 0 fully saturated rings. The third-order valence-electron chi connectivity index (χ3n) is 1.37. The molecule has 5 nitrogen and oxygen atoms in total. The Kier molecular flexibility index (Phi) is 3.47. The SMILES string of the molecule is CC(O)(C(N)=O)C(=O)NCC(F)(F)F. The smallest absolute Gasteiger partial charge is 0.372 e. The van der Waals surface area contributed by atoms with Crippen LogP contribution < -0.4 is 11.1 Å². The summed E-state index contributed by atoms with van der Waals surface area (Å²) in [6.45, 7) is -0.920. The molecule has 1 unspecified atom stereocenters. The molecule has 14 heavy (non-hydrogen) atoms. The number of primary amides is 1. The first kappa shape index (κ1) is 12.7. The van der Waals surface area contributed by atoms with Gasteiger partial charge in [-0.25, -0.2) is 0 Å². The molecule has 2 amide bonds. The molecule has 4 N–H and O–H groups in total. The first-order valence-electron chi connectivity index (χ1n) is 3.44. The van der Waals surface area contributed by atoms with Crippen molar-refractivity contribution in [3.63, 3.8) is 0 Å². The Morgan fingerprint density at radius 3 is 2.14 bits per heavy atom. The van der Waals surface area contributed by atoms with E-state index in [4.69, 9.17) is 5.11 Å². The van der Waals surface area contributed by atoms with Crippen molar-refractivity contribution in [3.8, 4) is 0 Å². The minimum atomic E-state index is -4.61. The van der Waals surface area contributed by atoms with Crippen molar-refractivity contribution in [1.82, 2.24) is 5.32 Å². The summed E-state index contributed by atoms with van der Waals surface area (Å²) in [6, 6.07) is 0. The Hall–Kier alpha value is -1.31. The third kappa shape index (κ3) is 3.60.